The Morgan fingerprint density at radius 2 is 1.53 bits per heavy atom. The zero-order chi connectivity index (χ0) is 14.6. The van der Waals surface area contributed by atoms with Crippen LogP contribution in [-0.4, -0.2) is 31.1 Å². The summed E-state index contributed by atoms with van der Waals surface area (Å²) in [6.45, 7) is 8.93. The summed E-state index contributed by atoms with van der Waals surface area (Å²) in [6, 6.07) is 8.85. The van der Waals surface area contributed by atoms with E-state index in [0.29, 0.717) is 18.0 Å². The molecule has 0 fully saturated rings. The van der Waals surface area contributed by atoms with Gasteiger partial charge in [-0.05, 0) is 44.5 Å². The van der Waals surface area contributed by atoms with Gasteiger partial charge in [-0.1, -0.05) is 26.0 Å². The number of nitrogens with two attached hydrogens (primary N) is 1. The Morgan fingerprint density at radius 1 is 1.00 bits per heavy atom. The number of ether oxygens (including phenoxy) is 1. The van der Waals surface area contributed by atoms with Gasteiger partial charge in [-0.2, -0.15) is 0 Å². The first kappa shape index (κ1) is 16.0. The molecule has 3 nitrogen and oxygen atoms in total. The van der Waals surface area contributed by atoms with Gasteiger partial charge in [-0.3, -0.25) is 4.90 Å². The van der Waals surface area contributed by atoms with Gasteiger partial charge in [0.2, 0.25) is 0 Å². The second-order valence-electron chi connectivity index (χ2n) is 5.69. The van der Waals surface area contributed by atoms with Gasteiger partial charge < -0.3 is 10.5 Å². The van der Waals surface area contributed by atoms with Crippen LogP contribution in [-0.2, 0) is 0 Å². The molecule has 0 heterocycles. The molecule has 2 N–H and O–H groups in total. The smallest absolute Gasteiger partial charge is 0.118 e. The van der Waals surface area contributed by atoms with E-state index in [2.05, 4.69) is 39.6 Å². The number of hydrogen-bond acceptors (Lipinski definition) is 3. The van der Waals surface area contributed by atoms with E-state index in [1.807, 2.05) is 24.3 Å². The third kappa shape index (κ3) is 3.95. The molecule has 3 atom stereocenters. The molecule has 1 rings (SSSR count). The van der Waals surface area contributed by atoms with E-state index >= 15 is 0 Å². The molecule has 1 aromatic rings. The van der Waals surface area contributed by atoms with Crippen molar-refractivity contribution in [1.82, 2.24) is 4.90 Å². The van der Waals surface area contributed by atoms with Gasteiger partial charge >= 0.3 is 0 Å². The van der Waals surface area contributed by atoms with Crippen molar-refractivity contribution < 1.29 is 4.74 Å². The maximum Gasteiger partial charge on any atom is 0.118 e. The normalized spacial score (nSPS) is 16.5. The van der Waals surface area contributed by atoms with Crippen LogP contribution in [0.4, 0.5) is 0 Å². The minimum Gasteiger partial charge on any atom is -0.497 e. The maximum atomic E-state index is 6.39. The highest BCUT2D eigenvalue weighted by Gasteiger charge is 2.24. The molecule has 0 saturated carbocycles. The van der Waals surface area contributed by atoms with Crippen molar-refractivity contribution in [2.75, 3.05) is 14.2 Å². The molecule has 0 aliphatic rings. The monoisotopic (exact) mass is 264 g/mol. The van der Waals surface area contributed by atoms with Crippen molar-refractivity contribution in [1.29, 1.82) is 0 Å². The summed E-state index contributed by atoms with van der Waals surface area (Å²) in [6.07, 6.45) is 0. The van der Waals surface area contributed by atoms with Gasteiger partial charge in [-0.15, -0.1) is 0 Å². The fourth-order valence-corrected chi connectivity index (χ4v) is 2.20. The molecule has 0 aliphatic heterocycles. The number of rotatable bonds is 6. The highest BCUT2D eigenvalue weighted by Crippen LogP contribution is 2.23. The first-order valence-corrected chi connectivity index (χ1v) is 7.00. The van der Waals surface area contributed by atoms with E-state index in [-0.39, 0.29) is 6.04 Å². The van der Waals surface area contributed by atoms with E-state index in [4.69, 9.17) is 10.5 Å². The Kier molecular flexibility index (Phi) is 5.83. The van der Waals surface area contributed by atoms with Gasteiger partial charge in [0, 0.05) is 18.1 Å². The molecule has 0 spiro atoms. The van der Waals surface area contributed by atoms with E-state index in [1.165, 1.54) is 0 Å². The van der Waals surface area contributed by atoms with Crippen LogP contribution in [0, 0.1) is 5.92 Å². The summed E-state index contributed by atoms with van der Waals surface area (Å²) >= 11 is 0. The summed E-state index contributed by atoms with van der Waals surface area (Å²) in [7, 11) is 3.83. The van der Waals surface area contributed by atoms with Crippen molar-refractivity contribution >= 4 is 0 Å². The molecule has 0 bridgehead atoms. The molecule has 0 radical (unpaired) electrons. The number of hydrogen-bond donors (Lipinski definition) is 1. The van der Waals surface area contributed by atoms with Crippen LogP contribution < -0.4 is 10.5 Å². The van der Waals surface area contributed by atoms with Crippen molar-refractivity contribution in [2.45, 2.75) is 45.8 Å². The van der Waals surface area contributed by atoms with Crippen molar-refractivity contribution in [3.63, 3.8) is 0 Å². The molecule has 19 heavy (non-hydrogen) atoms. The second kappa shape index (κ2) is 6.92. The SMILES string of the molecule is COc1ccc(C(N)C(C)N(C)C(C)C(C)C)cc1. The summed E-state index contributed by atoms with van der Waals surface area (Å²) < 4.78 is 5.18. The van der Waals surface area contributed by atoms with Crippen molar-refractivity contribution in [3.8, 4) is 5.75 Å². The first-order valence-electron chi connectivity index (χ1n) is 7.00. The lowest BCUT2D eigenvalue weighted by atomic mass is 9.97. The van der Waals surface area contributed by atoms with Crippen molar-refractivity contribution in [2.24, 2.45) is 11.7 Å². The molecule has 108 valence electrons. The van der Waals surface area contributed by atoms with Gasteiger partial charge in [0.05, 0.1) is 7.11 Å². The first-order chi connectivity index (χ1) is 8.88. The van der Waals surface area contributed by atoms with Crippen LogP contribution in [0.15, 0.2) is 24.3 Å². The van der Waals surface area contributed by atoms with Crippen LogP contribution >= 0.6 is 0 Å². The zero-order valence-corrected chi connectivity index (χ0v) is 13.1. The number of methoxy groups -OCH3 is 1. The Labute approximate surface area is 117 Å². The lowest BCUT2D eigenvalue weighted by Crippen LogP contribution is -2.45. The number of nitrogens with zero attached hydrogens (tertiary/aromatic N) is 1. The Morgan fingerprint density at radius 3 is 1.95 bits per heavy atom. The summed E-state index contributed by atoms with van der Waals surface area (Å²) in [5.74, 6) is 1.49. The highest BCUT2D eigenvalue weighted by molar-refractivity contribution is 5.29. The molecule has 0 saturated heterocycles. The lowest BCUT2D eigenvalue weighted by Gasteiger charge is -2.36. The van der Waals surface area contributed by atoms with Gasteiger partial charge in [-0.25, -0.2) is 0 Å². The van der Waals surface area contributed by atoms with E-state index in [1.54, 1.807) is 7.11 Å². The molecule has 3 unspecified atom stereocenters. The minimum absolute atomic E-state index is 0.0112. The fourth-order valence-electron chi connectivity index (χ4n) is 2.20. The molecule has 0 aromatic heterocycles. The van der Waals surface area contributed by atoms with Crippen LogP contribution in [0.1, 0.15) is 39.3 Å². The standard InChI is InChI=1S/C16H28N2O/c1-11(2)12(3)18(5)13(4)16(17)14-7-9-15(19-6)10-8-14/h7-13,16H,17H2,1-6H3. The zero-order valence-electron chi connectivity index (χ0n) is 13.1. The van der Waals surface area contributed by atoms with E-state index < -0.39 is 0 Å². The molecule has 0 aliphatic carbocycles. The van der Waals surface area contributed by atoms with Crippen LogP contribution in [0.25, 0.3) is 0 Å². The molecular weight excluding hydrogens is 236 g/mol. The van der Waals surface area contributed by atoms with Crippen LogP contribution in [0.3, 0.4) is 0 Å². The minimum atomic E-state index is 0.0112. The quantitative estimate of drug-likeness (QED) is 0.858. The molecule has 3 heteroatoms. The predicted molar refractivity (Wildman–Crippen MR) is 81.4 cm³/mol. The van der Waals surface area contributed by atoms with Gasteiger partial charge in [0.1, 0.15) is 5.75 Å². The highest BCUT2D eigenvalue weighted by atomic mass is 16.5. The molecular formula is C16H28N2O. The van der Waals surface area contributed by atoms with Crippen molar-refractivity contribution in [3.05, 3.63) is 29.8 Å². The topological polar surface area (TPSA) is 38.5 Å². The van der Waals surface area contributed by atoms with Crippen LogP contribution in [0.2, 0.25) is 0 Å². The summed E-state index contributed by atoms with van der Waals surface area (Å²) in [5, 5.41) is 0. The third-order valence-corrected chi connectivity index (χ3v) is 4.27. The van der Waals surface area contributed by atoms with Crippen LogP contribution in [0.5, 0.6) is 5.75 Å². The average Bonchev–Trinajstić information content (AvgIpc) is 2.44. The predicted octanol–water partition coefficient (Wildman–Crippen LogP) is 3.06. The number of benzene rings is 1. The van der Waals surface area contributed by atoms with E-state index in [0.717, 1.165) is 11.3 Å². The maximum absolute atomic E-state index is 6.39. The van der Waals surface area contributed by atoms with Gasteiger partial charge in [0.15, 0.2) is 0 Å². The average molecular weight is 264 g/mol. The summed E-state index contributed by atoms with van der Waals surface area (Å²) in [4.78, 5) is 2.36. The molecule has 1 aromatic carbocycles. The fraction of sp³-hybridized carbons (Fsp3) is 0.625. The Bertz CT molecular complexity index is 375. The Balaban J connectivity index is 2.77. The number of likely N-dealkylation sites (N-methyl/N-ethyl adjacent to an activating group) is 1. The van der Waals surface area contributed by atoms with Gasteiger partial charge in [0.25, 0.3) is 0 Å². The second-order valence-corrected chi connectivity index (χ2v) is 5.69. The third-order valence-electron chi connectivity index (χ3n) is 4.27. The Hall–Kier alpha value is -1.06. The lowest BCUT2D eigenvalue weighted by molar-refractivity contribution is 0.139. The molecule has 0 amide bonds. The van der Waals surface area contributed by atoms with E-state index in [9.17, 15) is 0 Å². The largest absolute Gasteiger partial charge is 0.497 e. The summed E-state index contributed by atoms with van der Waals surface area (Å²) in [5.41, 5.74) is 7.54.